The van der Waals surface area contributed by atoms with Crippen LogP contribution in [0.3, 0.4) is 0 Å². The molecule has 0 radical (unpaired) electrons. The van der Waals surface area contributed by atoms with E-state index in [-0.39, 0.29) is 40.1 Å². The molecule has 1 aromatic heterocycles. The van der Waals surface area contributed by atoms with Crippen LogP contribution < -0.4 is 10.4 Å². The van der Waals surface area contributed by atoms with Crippen LogP contribution in [0, 0.1) is 0 Å². The van der Waals surface area contributed by atoms with Gasteiger partial charge in [0.25, 0.3) is 11.8 Å². The van der Waals surface area contributed by atoms with Crippen molar-refractivity contribution in [3.8, 4) is 0 Å². The number of carbonyl (C=O) groups excluding carboxylic acids is 2. The maximum Gasteiger partial charge on any atom is 0.434 e. The summed E-state index contributed by atoms with van der Waals surface area (Å²) in [5.41, 5.74) is -4.70. The van der Waals surface area contributed by atoms with E-state index in [1.54, 1.807) is 5.43 Å². The highest BCUT2D eigenvalue weighted by molar-refractivity contribution is 9.11. The van der Waals surface area contributed by atoms with Gasteiger partial charge in [-0.1, -0.05) is 31.9 Å². The fourth-order valence-electron chi connectivity index (χ4n) is 2.74. The highest BCUT2D eigenvalue weighted by atomic mass is 79.9. The van der Waals surface area contributed by atoms with Crippen LogP contribution in [-0.2, 0) is 18.5 Å². The van der Waals surface area contributed by atoms with E-state index >= 15 is 0 Å². The molecule has 0 aliphatic heterocycles. The molecule has 3 aromatic rings. The number of rotatable bonds is 3. The third kappa shape index (κ3) is 7.01. The number of alkyl halides is 9. The zero-order chi connectivity index (χ0) is 27.9. The number of halogens is 11. The van der Waals surface area contributed by atoms with Gasteiger partial charge < -0.3 is 0 Å². The second kappa shape index (κ2) is 10.2. The summed E-state index contributed by atoms with van der Waals surface area (Å²) in [5, 5.41) is -0.0565. The van der Waals surface area contributed by atoms with Crippen molar-refractivity contribution >= 4 is 60.1 Å². The predicted molar refractivity (Wildman–Crippen MR) is 120 cm³/mol. The van der Waals surface area contributed by atoms with Crippen molar-refractivity contribution in [1.29, 1.82) is 0 Å². The molecule has 0 aliphatic carbocycles. The molecule has 2 aromatic carbocycles. The summed E-state index contributed by atoms with van der Waals surface area (Å²) >= 11 is 6.43. The van der Waals surface area contributed by atoms with Gasteiger partial charge in [0.1, 0.15) is 0 Å². The molecule has 0 spiro atoms. The minimum absolute atomic E-state index is 0.103. The molecule has 37 heavy (non-hydrogen) atoms. The Morgan fingerprint density at radius 3 is 1.70 bits per heavy atom. The maximum absolute atomic E-state index is 13.2. The van der Waals surface area contributed by atoms with Crippen LogP contribution in [0.25, 0.3) is 0 Å². The summed E-state index contributed by atoms with van der Waals surface area (Å²) in [7, 11) is 0. The Kier molecular flexibility index (Phi) is 8.00. The van der Waals surface area contributed by atoms with E-state index in [0.29, 0.717) is 14.3 Å². The highest BCUT2D eigenvalue weighted by Gasteiger charge is 2.39. The van der Waals surface area contributed by atoms with Crippen LogP contribution in [0.4, 0.5) is 44.6 Å². The molecule has 0 bridgehead atoms. The molecular weight excluding hydrogens is 677 g/mol. The molecule has 1 heterocycles. The average molecular weight is 685 g/mol. The van der Waals surface area contributed by atoms with Crippen molar-refractivity contribution in [1.82, 2.24) is 10.4 Å². The number of hydrazine groups is 1. The first-order chi connectivity index (χ1) is 16.9. The molecule has 0 aliphatic rings. The largest absolute Gasteiger partial charge is 0.434 e. The van der Waals surface area contributed by atoms with Crippen LogP contribution in [0.5, 0.6) is 0 Å². The Bertz CT molecular complexity index is 1300. The number of nitrogens with zero attached hydrogens (tertiary/aromatic N) is 2. The van der Waals surface area contributed by atoms with Crippen molar-refractivity contribution in [3.05, 3.63) is 78.7 Å². The summed E-state index contributed by atoms with van der Waals surface area (Å²) in [6.45, 7) is 0. The number of carbonyl (C=O) groups is 2. The van der Waals surface area contributed by atoms with Crippen molar-refractivity contribution in [2.24, 2.45) is 0 Å². The second-order valence-corrected chi connectivity index (χ2v) is 9.72. The number of hydrogen-bond donors (Lipinski definition) is 1. The summed E-state index contributed by atoms with van der Waals surface area (Å²) in [6, 6.07) is 3.90. The Morgan fingerprint density at radius 2 is 1.27 bits per heavy atom. The maximum atomic E-state index is 13.2. The number of amides is 2. The molecule has 17 heteroatoms. The lowest BCUT2D eigenvalue weighted by Gasteiger charge is -2.22. The van der Waals surface area contributed by atoms with Crippen molar-refractivity contribution in [3.63, 3.8) is 0 Å². The molecular formula is C20H8Br2F9N3O2S. The van der Waals surface area contributed by atoms with Crippen LogP contribution in [0.15, 0.2) is 50.7 Å². The monoisotopic (exact) mass is 683 g/mol. The van der Waals surface area contributed by atoms with Crippen molar-refractivity contribution < 1.29 is 49.1 Å². The number of benzene rings is 2. The van der Waals surface area contributed by atoms with Gasteiger partial charge in [-0.25, -0.2) is 4.98 Å². The Hall–Kier alpha value is -2.66. The minimum Gasteiger partial charge on any atom is -0.267 e. The standard InChI is InChI=1S/C20H8Br2F9N3O2S/c21-12-3-9(4-13(22)6-12)16(36)34(17-32-14(7-37-17)20(29,30)31)33-15(35)8-1-10(18(23,24)25)5-11(2-8)19(26,27)28/h1-7H,(H,33,35). The Labute approximate surface area is 221 Å². The molecule has 5 nitrogen and oxygen atoms in total. The number of anilines is 1. The summed E-state index contributed by atoms with van der Waals surface area (Å²) in [6.07, 6.45) is -15.5. The molecule has 0 fully saturated rings. The van der Waals surface area contributed by atoms with E-state index in [0.717, 1.165) is 0 Å². The van der Waals surface area contributed by atoms with Gasteiger partial charge in [0.05, 0.1) is 11.1 Å². The van der Waals surface area contributed by atoms with Gasteiger partial charge in [0.2, 0.25) is 5.13 Å². The minimum atomic E-state index is -5.27. The molecule has 0 saturated heterocycles. The van der Waals surface area contributed by atoms with Gasteiger partial charge >= 0.3 is 18.5 Å². The van der Waals surface area contributed by atoms with Crippen LogP contribution in [-0.4, -0.2) is 16.8 Å². The zero-order valence-corrected chi connectivity index (χ0v) is 21.3. The fourth-order valence-corrected chi connectivity index (χ4v) is 4.82. The van der Waals surface area contributed by atoms with Gasteiger partial charge in [-0.05, 0) is 36.4 Å². The van der Waals surface area contributed by atoms with Crippen LogP contribution in [0.2, 0.25) is 0 Å². The summed E-state index contributed by atoms with van der Waals surface area (Å²) < 4.78 is 119. The number of nitrogens with one attached hydrogen (secondary N) is 1. The molecule has 0 atom stereocenters. The highest BCUT2D eigenvalue weighted by Crippen LogP contribution is 2.37. The summed E-state index contributed by atoms with van der Waals surface area (Å²) in [4.78, 5) is 29.1. The Morgan fingerprint density at radius 1 is 0.757 bits per heavy atom. The van der Waals surface area contributed by atoms with Gasteiger partial charge in [-0.3, -0.25) is 15.0 Å². The SMILES string of the molecule is O=C(NN(C(=O)c1cc(Br)cc(Br)c1)c1nc(C(F)(F)F)cs1)c1cc(C(F)(F)F)cc(C(F)(F)F)c1. The van der Waals surface area contributed by atoms with Crippen LogP contribution in [0.1, 0.15) is 37.5 Å². The van der Waals surface area contributed by atoms with E-state index in [1.807, 2.05) is 0 Å². The first-order valence-electron chi connectivity index (χ1n) is 9.30. The lowest BCUT2D eigenvalue weighted by molar-refractivity contribution is -0.143. The lowest BCUT2D eigenvalue weighted by atomic mass is 10.0. The summed E-state index contributed by atoms with van der Waals surface area (Å²) in [5.74, 6) is -2.84. The number of thiazole rings is 1. The lowest BCUT2D eigenvalue weighted by Crippen LogP contribution is -2.46. The normalized spacial score (nSPS) is 12.4. The van der Waals surface area contributed by atoms with Crippen LogP contribution >= 0.6 is 43.2 Å². The van der Waals surface area contributed by atoms with E-state index in [1.165, 1.54) is 18.2 Å². The van der Waals surface area contributed by atoms with E-state index in [9.17, 15) is 49.1 Å². The van der Waals surface area contributed by atoms with Crippen molar-refractivity contribution in [2.45, 2.75) is 18.5 Å². The quantitative estimate of drug-likeness (QED) is 0.227. The molecule has 3 rings (SSSR count). The van der Waals surface area contributed by atoms with Gasteiger partial charge in [0.15, 0.2) is 5.69 Å². The first kappa shape index (κ1) is 28.9. The third-order valence-electron chi connectivity index (χ3n) is 4.35. The topological polar surface area (TPSA) is 62.3 Å². The number of aromatic nitrogens is 1. The van der Waals surface area contributed by atoms with Gasteiger partial charge in [-0.15, -0.1) is 11.3 Å². The second-order valence-electron chi connectivity index (χ2n) is 7.05. The zero-order valence-electron chi connectivity index (χ0n) is 17.3. The van der Waals surface area contributed by atoms with E-state index < -0.39 is 57.9 Å². The average Bonchev–Trinajstić information content (AvgIpc) is 3.25. The third-order valence-corrected chi connectivity index (χ3v) is 6.09. The predicted octanol–water partition coefficient (Wildman–Crippen LogP) is 7.72. The smallest absolute Gasteiger partial charge is 0.267 e. The molecule has 198 valence electrons. The molecule has 2 amide bonds. The van der Waals surface area contributed by atoms with E-state index in [4.69, 9.17) is 0 Å². The fraction of sp³-hybridized carbons (Fsp3) is 0.150. The van der Waals surface area contributed by atoms with E-state index in [2.05, 4.69) is 36.8 Å². The van der Waals surface area contributed by atoms with Gasteiger partial charge in [-0.2, -0.15) is 44.5 Å². The van der Waals surface area contributed by atoms with Crippen molar-refractivity contribution in [2.75, 3.05) is 5.01 Å². The molecule has 0 unspecified atom stereocenters. The first-order valence-corrected chi connectivity index (χ1v) is 11.8. The molecule has 1 N–H and O–H groups in total. The molecule has 0 saturated carbocycles. The number of hydrogen-bond acceptors (Lipinski definition) is 4. The Balaban J connectivity index is 2.09. The van der Waals surface area contributed by atoms with Gasteiger partial charge in [0, 0.05) is 25.5 Å².